The Bertz CT molecular complexity index is 117. The number of hydroxylamine groups is 2. The molecule has 0 aromatic rings. The van der Waals surface area contributed by atoms with Crippen molar-refractivity contribution in [1.29, 1.82) is 0 Å². The Balaban J connectivity index is 2.01. The zero-order valence-corrected chi connectivity index (χ0v) is 6.62. The maximum absolute atomic E-state index is 12.2. The molecular formula is C7H13FNO2-. The van der Waals surface area contributed by atoms with Crippen LogP contribution in [0.2, 0.25) is 0 Å². The number of rotatable bonds is 4. The topological polar surface area (TPSA) is 35.5 Å². The number of halogens is 1. The predicted octanol–water partition coefficient (Wildman–Crippen LogP) is 1.83. The van der Waals surface area contributed by atoms with Crippen LogP contribution in [0.25, 0.3) is 0 Å². The molecule has 66 valence electrons. The van der Waals surface area contributed by atoms with Gasteiger partial charge in [-0.25, -0.2) is 9.62 Å². The van der Waals surface area contributed by atoms with Gasteiger partial charge in [-0.2, -0.15) is 0 Å². The van der Waals surface area contributed by atoms with Crippen LogP contribution in [0.3, 0.4) is 0 Å². The minimum atomic E-state index is -1.56. The number of alkyl halides is 1. The van der Waals surface area contributed by atoms with Crippen molar-refractivity contribution < 1.29 is 9.23 Å². The van der Waals surface area contributed by atoms with Gasteiger partial charge >= 0.3 is 0 Å². The van der Waals surface area contributed by atoms with Gasteiger partial charge in [-0.05, 0) is 25.7 Å². The fourth-order valence-electron chi connectivity index (χ4n) is 0.941. The maximum Gasteiger partial charge on any atom is 0.161 e. The third-order valence-electron chi connectivity index (χ3n) is 1.95. The largest absolute Gasteiger partial charge is 0.760 e. The number of hydrogen-bond acceptors (Lipinski definition) is 3. The fraction of sp³-hybridized carbons (Fsp3) is 1.00. The van der Waals surface area contributed by atoms with E-state index in [4.69, 9.17) is 0 Å². The average molecular weight is 162 g/mol. The molecular weight excluding hydrogens is 149 g/mol. The molecule has 1 aliphatic carbocycles. The van der Waals surface area contributed by atoms with E-state index in [0.717, 1.165) is 19.8 Å². The summed E-state index contributed by atoms with van der Waals surface area (Å²) in [6.45, 7) is 1.53. The molecule has 11 heavy (non-hydrogen) atoms. The van der Waals surface area contributed by atoms with Gasteiger partial charge in [-0.15, -0.1) is 0 Å². The highest BCUT2D eigenvalue weighted by Crippen LogP contribution is 2.26. The Labute approximate surface area is 65.7 Å². The van der Waals surface area contributed by atoms with Crippen molar-refractivity contribution in [3.05, 3.63) is 5.21 Å². The van der Waals surface area contributed by atoms with E-state index in [1.165, 1.54) is 6.42 Å². The van der Waals surface area contributed by atoms with E-state index < -0.39 is 6.30 Å². The van der Waals surface area contributed by atoms with Crippen LogP contribution in [0.1, 0.15) is 26.2 Å². The summed E-state index contributed by atoms with van der Waals surface area (Å²) in [6.07, 6.45) is 1.86. The monoisotopic (exact) mass is 162 g/mol. The van der Waals surface area contributed by atoms with E-state index in [-0.39, 0.29) is 5.23 Å². The summed E-state index contributed by atoms with van der Waals surface area (Å²) in [6, 6.07) is 0. The third-order valence-corrected chi connectivity index (χ3v) is 1.95. The van der Waals surface area contributed by atoms with Crippen molar-refractivity contribution in [2.24, 2.45) is 5.92 Å². The van der Waals surface area contributed by atoms with E-state index in [0.29, 0.717) is 12.5 Å². The first kappa shape index (κ1) is 8.90. The molecule has 0 saturated heterocycles. The lowest BCUT2D eigenvalue weighted by Gasteiger charge is -2.32. The second-order valence-corrected chi connectivity index (χ2v) is 2.95. The van der Waals surface area contributed by atoms with Gasteiger partial charge in [0.25, 0.3) is 0 Å². The Morgan fingerprint density at radius 2 is 2.36 bits per heavy atom. The Hall–Kier alpha value is -0.190. The summed E-state index contributed by atoms with van der Waals surface area (Å²) in [4.78, 5) is 4.61. The standard InChI is InChI=1S/C7H13FNO2/c1-6(8)9(10)11-5-7-3-2-4-7/h6-7H,2-5H2,1H3/q-1. The first-order valence-corrected chi connectivity index (χ1v) is 3.93. The first-order chi connectivity index (χ1) is 5.20. The van der Waals surface area contributed by atoms with Crippen molar-refractivity contribution in [3.8, 4) is 0 Å². The van der Waals surface area contributed by atoms with Gasteiger partial charge in [0.2, 0.25) is 0 Å². The molecule has 0 N–H and O–H groups in total. The normalized spacial score (nSPS) is 21.8. The highest BCUT2D eigenvalue weighted by Gasteiger charge is 2.18. The lowest BCUT2D eigenvalue weighted by molar-refractivity contribution is -0.189. The van der Waals surface area contributed by atoms with Gasteiger partial charge in [0.15, 0.2) is 6.30 Å². The molecule has 0 amide bonds. The molecule has 0 heterocycles. The van der Waals surface area contributed by atoms with Crippen LogP contribution in [0.4, 0.5) is 4.39 Å². The molecule has 1 atom stereocenters. The summed E-state index contributed by atoms with van der Waals surface area (Å²) in [5.41, 5.74) is 0. The van der Waals surface area contributed by atoms with Gasteiger partial charge in [0.1, 0.15) is 0 Å². The molecule has 1 fully saturated rings. The van der Waals surface area contributed by atoms with E-state index in [2.05, 4.69) is 4.84 Å². The maximum atomic E-state index is 12.2. The molecule has 0 spiro atoms. The van der Waals surface area contributed by atoms with Crippen LogP contribution in [0.5, 0.6) is 0 Å². The molecule has 0 radical (unpaired) electrons. The van der Waals surface area contributed by atoms with E-state index in [9.17, 15) is 9.60 Å². The van der Waals surface area contributed by atoms with Crippen LogP contribution < -0.4 is 0 Å². The number of hydrogen-bond donors (Lipinski definition) is 0. The zero-order chi connectivity index (χ0) is 8.27. The van der Waals surface area contributed by atoms with Gasteiger partial charge < -0.3 is 10.0 Å². The summed E-state index contributed by atoms with van der Waals surface area (Å²) >= 11 is 0. The fourth-order valence-corrected chi connectivity index (χ4v) is 0.941. The number of nitrogens with zero attached hydrogens (tertiary/aromatic N) is 1. The molecule has 4 heteroatoms. The Kier molecular flexibility index (Phi) is 3.23. The Morgan fingerprint density at radius 3 is 2.73 bits per heavy atom. The molecule has 1 aliphatic rings. The van der Waals surface area contributed by atoms with Crippen LogP contribution in [0, 0.1) is 11.1 Å². The van der Waals surface area contributed by atoms with E-state index in [1.54, 1.807) is 0 Å². The van der Waals surface area contributed by atoms with E-state index in [1.807, 2.05) is 0 Å². The summed E-state index contributed by atoms with van der Waals surface area (Å²) < 4.78 is 12.2. The minimum Gasteiger partial charge on any atom is -0.760 e. The second kappa shape index (κ2) is 3.99. The molecule has 1 unspecified atom stereocenters. The quantitative estimate of drug-likeness (QED) is 0.467. The van der Waals surface area contributed by atoms with Crippen molar-refractivity contribution in [3.63, 3.8) is 0 Å². The van der Waals surface area contributed by atoms with Crippen molar-refractivity contribution in [1.82, 2.24) is 5.23 Å². The van der Waals surface area contributed by atoms with Gasteiger partial charge in [-0.1, -0.05) is 6.42 Å². The van der Waals surface area contributed by atoms with Crippen LogP contribution in [0.15, 0.2) is 0 Å². The Morgan fingerprint density at radius 1 is 1.73 bits per heavy atom. The van der Waals surface area contributed by atoms with Crippen LogP contribution in [-0.2, 0) is 4.84 Å². The average Bonchev–Trinajstić information content (AvgIpc) is 1.83. The summed E-state index contributed by atoms with van der Waals surface area (Å²) in [7, 11) is 0. The SMILES string of the molecule is CC(F)N([O-])OCC1CCC1. The molecule has 0 aromatic heterocycles. The summed E-state index contributed by atoms with van der Waals surface area (Å²) in [5, 5.41) is 10.5. The van der Waals surface area contributed by atoms with Crippen molar-refractivity contribution in [2.75, 3.05) is 6.61 Å². The van der Waals surface area contributed by atoms with Crippen LogP contribution in [-0.4, -0.2) is 18.1 Å². The first-order valence-electron chi connectivity index (χ1n) is 3.93. The molecule has 0 aromatic carbocycles. The molecule has 0 aliphatic heterocycles. The van der Waals surface area contributed by atoms with Gasteiger partial charge in [-0.3, -0.25) is 0 Å². The zero-order valence-electron chi connectivity index (χ0n) is 6.62. The molecule has 3 nitrogen and oxygen atoms in total. The predicted molar refractivity (Wildman–Crippen MR) is 39.1 cm³/mol. The van der Waals surface area contributed by atoms with Gasteiger partial charge in [0, 0.05) is 0 Å². The minimum absolute atomic E-state index is 0.0261. The molecule has 1 rings (SSSR count). The van der Waals surface area contributed by atoms with E-state index >= 15 is 0 Å². The molecule has 0 bridgehead atoms. The van der Waals surface area contributed by atoms with Gasteiger partial charge in [0.05, 0.1) is 6.61 Å². The van der Waals surface area contributed by atoms with Crippen molar-refractivity contribution in [2.45, 2.75) is 32.5 Å². The van der Waals surface area contributed by atoms with Crippen LogP contribution >= 0.6 is 0 Å². The molecule has 1 saturated carbocycles. The summed E-state index contributed by atoms with van der Waals surface area (Å²) in [5.74, 6) is 0.477. The second-order valence-electron chi connectivity index (χ2n) is 2.95. The third kappa shape index (κ3) is 2.73. The smallest absolute Gasteiger partial charge is 0.161 e. The van der Waals surface area contributed by atoms with Crippen molar-refractivity contribution >= 4 is 0 Å². The lowest BCUT2D eigenvalue weighted by Crippen LogP contribution is -2.28. The highest BCUT2D eigenvalue weighted by molar-refractivity contribution is 4.68. The highest BCUT2D eigenvalue weighted by atomic mass is 19.1. The lowest BCUT2D eigenvalue weighted by atomic mass is 9.86.